The van der Waals surface area contributed by atoms with Crippen molar-refractivity contribution in [3.05, 3.63) is 65.5 Å². The summed E-state index contributed by atoms with van der Waals surface area (Å²) in [4.78, 5) is 23.4. The van der Waals surface area contributed by atoms with Crippen molar-refractivity contribution in [3.8, 4) is 0 Å². The van der Waals surface area contributed by atoms with Crippen molar-refractivity contribution >= 4 is 17.6 Å². The highest BCUT2D eigenvalue weighted by Gasteiger charge is 2.19. The summed E-state index contributed by atoms with van der Waals surface area (Å²) in [7, 11) is 0. The zero-order valence-corrected chi connectivity index (χ0v) is 14.3. The molecule has 0 bridgehead atoms. The van der Waals surface area contributed by atoms with Crippen LogP contribution in [0.2, 0.25) is 0 Å². The van der Waals surface area contributed by atoms with Crippen LogP contribution >= 0.6 is 0 Å². The molecule has 0 spiro atoms. The maximum absolute atomic E-state index is 13.0. The number of carbonyl (C=O) groups is 2. The van der Waals surface area contributed by atoms with Crippen molar-refractivity contribution in [2.45, 2.75) is 32.6 Å². The van der Waals surface area contributed by atoms with E-state index in [2.05, 4.69) is 5.32 Å². The van der Waals surface area contributed by atoms with Gasteiger partial charge in [-0.15, -0.1) is 0 Å². The van der Waals surface area contributed by atoms with E-state index in [9.17, 15) is 14.0 Å². The Morgan fingerprint density at radius 2 is 1.68 bits per heavy atom. The van der Waals surface area contributed by atoms with E-state index in [4.69, 9.17) is 5.11 Å². The predicted octanol–water partition coefficient (Wildman–Crippen LogP) is 4.22. The summed E-state index contributed by atoms with van der Waals surface area (Å²) >= 11 is 0. The molecule has 0 radical (unpaired) electrons. The van der Waals surface area contributed by atoms with Crippen molar-refractivity contribution in [1.29, 1.82) is 0 Å². The Morgan fingerprint density at radius 3 is 2.20 bits per heavy atom. The van der Waals surface area contributed by atoms with E-state index in [-0.39, 0.29) is 17.6 Å². The van der Waals surface area contributed by atoms with Crippen LogP contribution in [0.5, 0.6) is 0 Å². The number of hydrogen-bond acceptors (Lipinski definition) is 2. The van der Waals surface area contributed by atoms with Crippen LogP contribution in [0.1, 0.15) is 37.3 Å². The summed E-state index contributed by atoms with van der Waals surface area (Å²) in [5, 5.41) is 11.8. The highest BCUT2D eigenvalue weighted by atomic mass is 19.1. The van der Waals surface area contributed by atoms with Crippen LogP contribution < -0.4 is 5.32 Å². The molecule has 2 aromatic rings. The third-order valence-electron chi connectivity index (χ3n) is 4.18. The quantitative estimate of drug-likeness (QED) is 0.791. The van der Waals surface area contributed by atoms with Gasteiger partial charge in [-0.2, -0.15) is 0 Å². The fourth-order valence-corrected chi connectivity index (χ4v) is 2.66. The minimum absolute atomic E-state index is 0.152. The SMILES string of the molecule is CCC(C(=O)Nc1ccc(CC(C)C(=O)O)cc1)c1ccc(F)cc1. The lowest BCUT2D eigenvalue weighted by Crippen LogP contribution is -2.20. The Hall–Kier alpha value is -2.69. The summed E-state index contributed by atoms with van der Waals surface area (Å²) in [6.07, 6.45) is 1.04. The number of amides is 1. The molecule has 0 saturated carbocycles. The molecule has 0 aromatic heterocycles. The van der Waals surface area contributed by atoms with E-state index in [1.165, 1.54) is 12.1 Å². The number of nitrogens with one attached hydrogen (secondary N) is 1. The number of carboxylic acids is 1. The third kappa shape index (κ3) is 5.14. The Bertz CT molecular complexity index is 726. The standard InChI is InChI=1S/C20H22FNO3/c1-3-18(15-6-8-16(21)9-7-15)19(23)22-17-10-4-14(5-11-17)12-13(2)20(24)25/h4-11,13,18H,3,12H2,1-2H3,(H,22,23)(H,24,25). The molecule has 132 valence electrons. The number of carbonyl (C=O) groups excluding carboxylic acids is 1. The van der Waals surface area contributed by atoms with Gasteiger partial charge in [-0.05, 0) is 48.2 Å². The van der Waals surface area contributed by atoms with Crippen LogP contribution in [0.15, 0.2) is 48.5 Å². The van der Waals surface area contributed by atoms with E-state index < -0.39 is 11.9 Å². The molecule has 0 heterocycles. The second kappa shape index (κ2) is 8.42. The van der Waals surface area contributed by atoms with E-state index in [0.717, 1.165) is 11.1 Å². The fraction of sp³-hybridized carbons (Fsp3) is 0.300. The van der Waals surface area contributed by atoms with Crippen LogP contribution in [0, 0.1) is 11.7 Å². The first-order valence-electron chi connectivity index (χ1n) is 8.28. The number of halogens is 1. The monoisotopic (exact) mass is 343 g/mol. The van der Waals surface area contributed by atoms with Crippen molar-refractivity contribution in [2.75, 3.05) is 5.32 Å². The first kappa shape index (κ1) is 18.6. The second-order valence-corrected chi connectivity index (χ2v) is 6.14. The van der Waals surface area contributed by atoms with Gasteiger partial charge in [-0.25, -0.2) is 4.39 Å². The molecule has 0 aliphatic rings. The van der Waals surface area contributed by atoms with Gasteiger partial charge in [0.15, 0.2) is 0 Å². The van der Waals surface area contributed by atoms with E-state index in [1.807, 2.05) is 19.1 Å². The maximum atomic E-state index is 13.0. The molecule has 2 rings (SSSR count). The molecule has 0 saturated heterocycles. The number of hydrogen-bond donors (Lipinski definition) is 2. The lowest BCUT2D eigenvalue weighted by Gasteiger charge is -2.16. The zero-order valence-electron chi connectivity index (χ0n) is 14.3. The highest BCUT2D eigenvalue weighted by Crippen LogP contribution is 2.22. The summed E-state index contributed by atoms with van der Waals surface area (Å²) in [5.41, 5.74) is 2.32. The molecular weight excluding hydrogens is 321 g/mol. The van der Waals surface area contributed by atoms with Gasteiger partial charge < -0.3 is 10.4 Å². The first-order chi connectivity index (χ1) is 11.9. The smallest absolute Gasteiger partial charge is 0.306 e. The van der Waals surface area contributed by atoms with Gasteiger partial charge in [0.2, 0.25) is 5.91 Å². The molecule has 5 heteroatoms. The van der Waals surface area contributed by atoms with E-state index in [0.29, 0.717) is 18.5 Å². The number of benzene rings is 2. The van der Waals surface area contributed by atoms with Crippen LogP contribution in [0.25, 0.3) is 0 Å². The van der Waals surface area contributed by atoms with Crippen molar-refractivity contribution < 1.29 is 19.1 Å². The van der Waals surface area contributed by atoms with Gasteiger partial charge in [0.1, 0.15) is 5.82 Å². The van der Waals surface area contributed by atoms with Crippen LogP contribution in [0.3, 0.4) is 0 Å². The van der Waals surface area contributed by atoms with Crippen LogP contribution in [-0.4, -0.2) is 17.0 Å². The van der Waals surface area contributed by atoms with Crippen LogP contribution in [-0.2, 0) is 16.0 Å². The van der Waals surface area contributed by atoms with Gasteiger partial charge >= 0.3 is 5.97 Å². The Balaban J connectivity index is 2.03. The van der Waals surface area contributed by atoms with Crippen LogP contribution in [0.4, 0.5) is 10.1 Å². The molecule has 0 aliphatic heterocycles. The summed E-state index contributed by atoms with van der Waals surface area (Å²) in [5.74, 6) is -2.12. The minimum Gasteiger partial charge on any atom is -0.481 e. The Labute approximate surface area is 146 Å². The average molecular weight is 343 g/mol. The molecular formula is C20H22FNO3. The largest absolute Gasteiger partial charge is 0.481 e. The lowest BCUT2D eigenvalue weighted by atomic mass is 9.95. The summed E-state index contributed by atoms with van der Waals surface area (Å²) < 4.78 is 13.0. The summed E-state index contributed by atoms with van der Waals surface area (Å²) in [6.45, 7) is 3.57. The zero-order chi connectivity index (χ0) is 18.4. The van der Waals surface area contributed by atoms with Gasteiger partial charge in [0, 0.05) is 5.69 Å². The van der Waals surface area contributed by atoms with Gasteiger partial charge in [0.05, 0.1) is 11.8 Å². The van der Waals surface area contributed by atoms with Gasteiger partial charge in [-0.3, -0.25) is 9.59 Å². The minimum atomic E-state index is -0.831. The van der Waals surface area contributed by atoms with E-state index in [1.54, 1.807) is 31.2 Å². The number of carboxylic acid groups (broad SMARTS) is 1. The molecule has 4 nitrogen and oxygen atoms in total. The van der Waals surface area contributed by atoms with Gasteiger partial charge in [-0.1, -0.05) is 38.1 Å². The summed E-state index contributed by atoms with van der Waals surface area (Å²) in [6, 6.07) is 13.1. The highest BCUT2D eigenvalue weighted by molar-refractivity contribution is 5.95. The van der Waals surface area contributed by atoms with E-state index >= 15 is 0 Å². The topological polar surface area (TPSA) is 66.4 Å². The van der Waals surface area contributed by atoms with Crippen molar-refractivity contribution in [3.63, 3.8) is 0 Å². The molecule has 25 heavy (non-hydrogen) atoms. The molecule has 0 fully saturated rings. The Kier molecular flexibility index (Phi) is 6.28. The molecule has 0 aliphatic carbocycles. The normalized spacial score (nSPS) is 13.1. The maximum Gasteiger partial charge on any atom is 0.306 e. The third-order valence-corrected chi connectivity index (χ3v) is 4.18. The molecule has 2 aromatic carbocycles. The molecule has 2 N–H and O–H groups in total. The van der Waals surface area contributed by atoms with Crippen molar-refractivity contribution in [1.82, 2.24) is 0 Å². The second-order valence-electron chi connectivity index (χ2n) is 6.14. The fourth-order valence-electron chi connectivity index (χ4n) is 2.66. The number of anilines is 1. The average Bonchev–Trinajstić information content (AvgIpc) is 2.59. The number of rotatable bonds is 7. The lowest BCUT2D eigenvalue weighted by molar-refractivity contribution is -0.141. The molecule has 1 amide bonds. The number of aliphatic carboxylic acids is 1. The molecule has 2 unspecified atom stereocenters. The first-order valence-corrected chi connectivity index (χ1v) is 8.28. The Morgan fingerprint density at radius 1 is 1.08 bits per heavy atom. The van der Waals surface area contributed by atoms with Gasteiger partial charge in [0.25, 0.3) is 0 Å². The predicted molar refractivity (Wildman–Crippen MR) is 95.0 cm³/mol. The van der Waals surface area contributed by atoms with Crippen molar-refractivity contribution in [2.24, 2.45) is 5.92 Å². The molecule has 2 atom stereocenters.